The average molecular weight is 770 g/mol. The molecule has 57 heavy (non-hydrogen) atoms. The normalized spacial score (nSPS) is 17.2. The second kappa shape index (κ2) is 16.4. The number of aldehydes is 2. The fraction of sp³-hybridized carbons (Fsp3) is 0.422. The summed E-state index contributed by atoms with van der Waals surface area (Å²) in [5, 5.41) is 16.6. The zero-order valence-electron chi connectivity index (χ0n) is 33.5. The maximum Gasteiger partial charge on any atom is 0.255 e. The van der Waals surface area contributed by atoms with E-state index in [1.165, 1.54) is 24.6 Å². The zero-order valence-corrected chi connectivity index (χ0v) is 33.5. The summed E-state index contributed by atoms with van der Waals surface area (Å²) in [6, 6.07) is 22.8. The fourth-order valence-corrected chi connectivity index (χ4v) is 8.69. The number of benzene rings is 3. The number of amides is 2. The summed E-state index contributed by atoms with van der Waals surface area (Å²) in [5.41, 5.74) is 8.46. The van der Waals surface area contributed by atoms with Crippen molar-refractivity contribution in [2.75, 3.05) is 50.1 Å². The van der Waals surface area contributed by atoms with Gasteiger partial charge in [0, 0.05) is 80.9 Å². The van der Waals surface area contributed by atoms with E-state index < -0.39 is 11.9 Å². The molecule has 2 aliphatic heterocycles. The lowest BCUT2D eigenvalue weighted by atomic mass is 9.93. The lowest BCUT2D eigenvalue weighted by molar-refractivity contribution is -0.125. The van der Waals surface area contributed by atoms with Gasteiger partial charge in [-0.15, -0.1) is 0 Å². The molecule has 1 aromatic heterocycles. The molecule has 1 saturated carbocycles. The molecule has 0 radical (unpaired) electrons. The van der Waals surface area contributed by atoms with E-state index in [1.54, 1.807) is 12.1 Å². The predicted octanol–water partition coefficient (Wildman–Crippen LogP) is 6.29. The van der Waals surface area contributed by atoms with Crippen molar-refractivity contribution in [3.05, 3.63) is 94.4 Å². The van der Waals surface area contributed by atoms with Gasteiger partial charge in [-0.2, -0.15) is 5.26 Å². The number of likely N-dealkylation sites (N-methyl/N-ethyl adjacent to an activating group) is 2. The molecule has 1 atom stereocenters. The minimum atomic E-state index is -0.837. The Morgan fingerprint density at radius 1 is 1.04 bits per heavy atom. The molecule has 3 aliphatic rings. The molecule has 3 aromatic carbocycles. The highest BCUT2D eigenvalue weighted by Gasteiger charge is 2.45. The summed E-state index contributed by atoms with van der Waals surface area (Å²) in [7, 11) is 3.03. The maximum atomic E-state index is 13.7. The maximum absolute atomic E-state index is 13.7. The summed E-state index contributed by atoms with van der Waals surface area (Å²) in [5.74, 6) is -0.0135. The molecule has 1 aliphatic carbocycles. The minimum Gasteiger partial charge on any atom is -0.371 e. The smallest absolute Gasteiger partial charge is 0.255 e. The Hall–Kier alpha value is -5.80. The first-order valence-electron chi connectivity index (χ1n) is 19.9. The van der Waals surface area contributed by atoms with Gasteiger partial charge in [0.05, 0.1) is 28.8 Å². The van der Waals surface area contributed by atoms with Gasteiger partial charge in [-0.1, -0.05) is 29.4 Å². The molecule has 4 aromatic rings. The number of anilines is 3. The topological polar surface area (TPSA) is 143 Å². The van der Waals surface area contributed by atoms with E-state index in [9.17, 15) is 24.4 Å². The third-order valence-corrected chi connectivity index (χ3v) is 12.3. The predicted molar refractivity (Wildman–Crippen MR) is 219 cm³/mol. The number of rotatable bonds is 14. The molecule has 296 valence electrons. The second-order valence-corrected chi connectivity index (χ2v) is 15.8. The van der Waals surface area contributed by atoms with E-state index in [1.807, 2.05) is 19.9 Å². The van der Waals surface area contributed by atoms with Crippen LogP contribution in [0.15, 0.2) is 65.2 Å². The molecule has 3 heterocycles. The molecule has 2 amide bonds. The van der Waals surface area contributed by atoms with Crippen LogP contribution < -0.4 is 15.1 Å². The van der Waals surface area contributed by atoms with Crippen LogP contribution >= 0.6 is 0 Å². The van der Waals surface area contributed by atoms with E-state index in [0.29, 0.717) is 12.3 Å². The van der Waals surface area contributed by atoms with E-state index in [-0.39, 0.29) is 41.3 Å². The van der Waals surface area contributed by atoms with Crippen LogP contribution in [0.4, 0.5) is 17.1 Å². The Kier molecular flexibility index (Phi) is 11.3. The highest BCUT2D eigenvalue weighted by atomic mass is 16.5. The molecular formula is C45H51N7O5. The number of hydrogen-bond donors (Lipinski definition) is 1. The number of hydrogen-bond acceptors (Lipinski definition) is 10. The standard InChI is InChI=1S/C45H51N7O5/c1-29-8-9-32(42-30(2)48-57-31(42)3)23-41(29)52(36-14-11-34(12-15-36)45(28-46)18-19-45)38-25-51(26-38)35-16-20-50(21-17-35)37-13-10-33(27-54)39(24-37)44(56)49(5)40(7-6-22-53)43(55)47-4/h8-15,22-24,27,35,38,40H,6-7,16-21,25-26H2,1-5H3,(H,47,55). The molecule has 1 N–H and O–H groups in total. The van der Waals surface area contributed by atoms with Crippen LogP contribution in [0, 0.1) is 32.1 Å². The van der Waals surface area contributed by atoms with Crippen molar-refractivity contribution in [2.24, 2.45) is 0 Å². The molecule has 0 spiro atoms. The first-order valence-corrected chi connectivity index (χ1v) is 19.9. The van der Waals surface area contributed by atoms with Gasteiger partial charge in [0.2, 0.25) is 5.91 Å². The number of carbonyl (C=O) groups is 4. The van der Waals surface area contributed by atoms with Crippen LogP contribution in [0.5, 0.6) is 0 Å². The Balaban J connectivity index is 1.06. The van der Waals surface area contributed by atoms with Crippen molar-refractivity contribution in [3.8, 4) is 17.2 Å². The fourth-order valence-electron chi connectivity index (χ4n) is 8.69. The summed E-state index contributed by atoms with van der Waals surface area (Å²) < 4.78 is 5.54. The highest BCUT2D eigenvalue weighted by molar-refractivity contribution is 6.04. The number of aryl methyl sites for hydroxylation is 3. The largest absolute Gasteiger partial charge is 0.371 e. The Morgan fingerprint density at radius 3 is 2.35 bits per heavy atom. The summed E-state index contributed by atoms with van der Waals surface area (Å²) >= 11 is 0. The van der Waals surface area contributed by atoms with Crippen molar-refractivity contribution < 1.29 is 23.7 Å². The van der Waals surface area contributed by atoms with Crippen molar-refractivity contribution in [1.29, 1.82) is 5.26 Å². The zero-order chi connectivity index (χ0) is 40.4. The molecule has 0 bridgehead atoms. The molecular weight excluding hydrogens is 719 g/mol. The van der Waals surface area contributed by atoms with Crippen LogP contribution in [0.1, 0.15) is 81.8 Å². The number of nitrogens with one attached hydrogen (secondary N) is 1. The van der Waals surface area contributed by atoms with Crippen LogP contribution in [0.3, 0.4) is 0 Å². The van der Waals surface area contributed by atoms with Crippen molar-refractivity contribution in [3.63, 3.8) is 0 Å². The van der Waals surface area contributed by atoms with Crippen LogP contribution in [0.25, 0.3) is 11.1 Å². The Labute approximate surface area is 334 Å². The second-order valence-electron chi connectivity index (χ2n) is 15.8. The van der Waals surface area contributed by atoms with Crippen LogP contribution in [0.2, 0.25) is 0 Å². The van der Waals surface area contributed by atoms with Gasteiger partial charge in [0.15, 0.2) is 6.29 Å². The average Bonchev–Trinajstić information content (AvgIpc) is 3.96. The number of piperidine rings is 1. The lowest BCUT2D eigenvalue weighted by Crippen LogP contribution is -2.62. The van der Waals surface area contributed by atoms with Gasteiger partial charge < -0.3 is 29.3 Å². The number of aromatic nitrogens is 1. The van der Waals surface area contributed by atoms with E-state index in [4.69, 9.17) is 4.52 Å². The first-order chi connectivity index (χ1) is 27.5. The molecule has 7 rings (SSSR count). The van der Waals surface area contributed by atoms with Crippen molar-refractivity contribution in [1.82, 2.24) is 20.3 Å². The van der Waals surface area contributed by atoms with Gasteiger partial charge in [0.25, 0.3) is 5.91 Å². The van der Waals surface area contributed by atoms with Crippen molar-refractivity contribution >= 4 is 41.4 Å². The molecule has 3 fully saturated rings. The Morgan fingerprint density at radius 2 is 1.75 bits per heavy atom. The third-order valence-electron chi connectivity index (χ3n) is 12.3. The van der Waals surface area contributed by atoms with Gasteiger partial charge in [-0.25, -0.2) is 0 Å². The van der Waals surface area contributed by atoms with Gasteiger partial charge in [-0.05, 0) is 106 Å². The van der Waals surface area contributed by atoms with Crippen LogP contribution in [-0.4, -0.2) is 97.7 Å². The number of likely N-dealkylation sites (tertiary alicyclic amines) is 1. The quantitative estimate of drug-likeness (QED) is 0.145. The van der Waals surface area contributed by atoms with E-state index >= 15 is 0 Å². The Bertz CT molecular complexity index is 2170. The van der Waals surface area contributed by atoms with Gasteiger partial charge in [-0.3, -0.25) is 19.3 Å². The van der Waals surface area contributed by atoms with Crippen LogP contribution in [-0.2, 0) is 15.0 Å². The highest BCUT2D eigenvalue weighted by Crippen LogP contribution is 2.48. The van der Waals surface area contributed by atoms with Crippen molar-refractivity contribution in [2.45, 2.75) is 82.8 Å². The number of nitriles is 1. The number of nitrogens with zero attached hydrogens (tertiary/aromatic N) is 6. The first kappa shape index (κ1) is 39.4. The molecule has 12 nitrogen and oxygen atoms in total. The summed E-state index contributed by atoms with van der Waals surface area (Å²) in [6.07, 6.45) is 5.43. The number of carbonyl (C=O) groups excluding carboxylic acids is 4. The lowest BCUT2D eigenvalue weighted by Gasteiger charge is -2.51. The molecule has 2 saturated heterocycles. The van der Waals surface area contributed by atoms with Gasteiger partial charge in [0.1, 0.15) is 18.1 Å². The summed E-state index contributed by atoms with van der Waals surface area (Å²) in [6.45, 7) is 9.46. The SMILES string of the molecule is CNC(=O)C(CCC=O)N(C)C(=O)c1cc(N2CCC(N3CC(N(c4ccc(C5(C#N)CC5)cc4)c4cc(-c5c(C)noc5C)ccc4C)C3)CC2)ccc1C=O. The van der Waals surface area contributed by atoms with E-state index in [0.717, 1.165) is 103 Å². The van der Waals surface area contributed by atoms with Gasteiger partial charge >= 0.3 is 0 Å². The monoisotopic (exact) mass is 769 g/mol. The minimum absolute atomic E-state index is 0.133. The molecule has 1 unspecified atom stereocenters. The van der Waals surface area contributed by atoms with E-state index in [2.05, 4.69) is 80.6 Å². The third kappa shape index (κ3) is 7.68. The summed E-state index contributed by atoms with van der Waals surface area (Å²) in [4.78, 5) is 58.1. The molecule has 12 heteroatoms.